The highest BCUT2D eigenvalue weighted by atomic mass is 19.1. The largest absolute Gasteiger partial charge is 0.369 e. The van der Waals surface area contributed by atoms with E-state index in [0.29, 0.717) is 6.42 Å². The van der Waals surface area contributed by atoms with Gasteiger partial charge in [-0.05, 0) is 42.5 Å². The molecule has 1 aliphatic carbocycles. The van der Waals surface area contributed by atoms with Crippen LogP contribution in [0.15, 0.2) is 30.3 Å². The van der Waals surface area contributed by atoms with Crippen LogP contribution in [0.5, 0.6) is 0 Å². The van der Waals surface area contributed by atoms with E-state index in [9.17, 15) is 9.18 Å². The summed E-state index contributed by atoms with van der Waals surface area (Å²) in [6, 6.07) is 6.45. The van der Waals surface area contributed by atoms with Crippen molar-refractivity contribution in [1.29, 1.82) is 0 Å². The van der Waals surface area contributed by atoms with Crippen molar-refractivity contribution >= 4 is 11.5 Å². The molecule has 0 aliphatic heterocycles. The lowest BCUT2D eigenvalue weighted by molar-refractivity contribution is -0.121. The topological polar surface area (TPSA) is 43.1 Å². The first-order valence-corrected chi connectivity index (χ1v) is 5.41. The number of nitrogens with two attached hydrogens (primary N) is 1. The second-order valence-corrected chi connectivity index (χ2v) is 4.11. The molecule has 1 atom stereocenters. The van der Waals surface area contributed by atoms with Crippen LogP contribution >= 0.6 is 0 Å². The Morgan fingerprint density at radius 2 is 2.00 bits per heavy atom. The molecule has 0 heterocycles. The Labute approximate surface area is 94.0 Å². The van der Waals surface area contributed by atoms with Gasteiger partial charge < -0.3 is 5.73 Å². The number of carbonyl (C=O) groups is 1. The maximum Gasteiger partial charge on any atom is 0.220 e. The van der Waals surface area contributed by atoms with Crippen molar-refractivity contribution < 1.29 is 9.18 Å². The molecule has 0 fully saturated rings. The number of halogens is 1. The number of carbonyl (C=O) groups excluding carboxylic acids is 1. The lowest BCUT2D eigenvalue weighted by Crippen LogP contribution is -2.24. The minimum atomic E-state index is -0.227. The zero-order valence-corrected chi connectivity index (χ0v) is 8.95. The van der Waals surface area contributed by atoms with Crippen LogP contribution in [0.1, 0.15) is 24.8 Å². The van der Waals surface area contributed by atoms with Crippen LogP contribution in [0.4, 0.5) is 4.39 Å². The smallest absolute Gasteiger partial charge is 0.220 e. The number of hydrogen-bond acceptors (Lipinski definition) is 1. The molecule has 0 aromatic heterocycles. The van der Waals surface area contributed by atoms with Crippen molar-refractivity contribution in [1.82, 2.24) is 0 Å². The van der Waals surface area contributed by atoms with Crippen LogP contribution in [0.25, 0.3) is 5.57 Å². The molecule has 16 heavy (non-hydrogen) atoms. The minimum absolute atomic E-state index is 0.0378. The number of rotatable bonds is 2. The van der Waals surface area contributed by atoms with Crippen LogP contribution in [0.2, 0.25) is 0 Å². The number of benzene rings is 1. The fraction of sp³-hybridized carbons (Fsp3) is 0.308. The van der Waals surface area contributed by atoms with Gasteiger partial charge in [0.1, 0.15) is 5.82 Å². The third-order valence-electron chi connectivity index (χ3n) is 3.03. The highest BCUT2D eigenvalue weighted by molar-refractivity contribution is 5.78. The van der Waals surface area contributed by atoms with Crippen molar-refractivity contribution in [2.75, 3.05) is 0 Å². The van der Waals surface area contributed by atoms with Gasteiger partial charge >= 0.3 is 0 Å². The maximum atomic E-state index is 12.7. The van der Waals surface area contributed by atoms with Crippen molar-refractivity contribution in [2.45, 2.75) is 19.3 Å². The third kappa shape index (κ3) is 2.30. The predicted octanol–water partition coefficient (Wildman–Crippen LogP) is 2.49. The molecule has 0 saturated heterocycles. The first-order valence-electron chi connectivity index (χ1n) is 5.41. The van der Waals surface area contributed by atoms with E-state index in [1.54, 1.807) is 12.1 Å². The molecule has 1 aromatic carbocycles. The van der Waals surface area contributed by atoms with Gasteiger partial charge in [0, 0.05) is 5.92 Å². The van der Waals surface area contributed by atoms with Gasteiger partial charge in [0.05, 0.1) is 0 Å². The molecule has 0 radical (unpaired) electrons. The standard InChI is InChI=1S/C13H14FNO/c14-12-7-5-10(6-8-12)9-1-3-11(4-2-9)13(15)16/h1,5-8,11H,2-4H2,(H2,15,16)/t11-/m1/s1. The zero-order chi connectivity index (χ0) is 11.5. The molecule has 1 aromatic rings. The van der Waals surface area contributed by atoms with Crippen LogP contribution in [-0.2, 0) is 4.79 Å². The first kappa shape index (κ1) is 10.9. The minimum Gasteiger partial charge on any atom is -0.369 e. The Balaban J connectivity index is 2.13. The summed E-state index contributed by atoms with van der Waals surface area (Å²) >= 11 is 0. The van der Waals surface area contributed by atoms with E-state index in [-0.39, 0.29) is 17.6 Å². The molecule has 1 amide bonds. The van der Waals surface area contributed by atoms with Gasteiger partial charge in [0.25, 0.3) is 0 Å². The molecular formula is C13H14FNO. The highest BCUT2D eigenvalue weighted by Gasteiger charge is 2.19. The molecule has 2 nitrogen and oxygen atoms in total. The summed E-state index contributed by atoms with van der Waals surface area (Å²) in [4.78, 5) is 11.0. The zero-order valence-electron chi connectivity index (χ0n) is 8.95. The molecule has 0 spiro atoms. The van der Waals surface area contributed by atoms with Crippen LogP contribution in [-0.4, -0.2) is 5.91 Å². The molecule has 0 unspecified atom stereocenters. The maximum absolute atomic E-state index is 12.7. The predicted molar refractivity (Wildman–Crippen MR) is 60.9 cm³/mol. The number of allylic oxidation sites excluding steroid dienone is 2. The number of hydrogen-bond donors (Lipinski definition) is 1. The molecule has 3 heteroatoms. The van der Waals surface area contributed by atoms with Crippen LogP contribution in [0, 0.1) is 11.7 Å². The molecule has 2 N–H and O–H groups in total. The second kappa shape index (κ2) is 4.47. The summed E-state index contributed by atoms with van der Waals surface area (Å²) in [5, 5.41) is 0. The van der Waals surface area contributed by atoms with Crippen LogP contribution < -0.4 is 5.73 Å². The molecule has 2 rings (SSSR count). The Morgan fingerprint density at radius 1 is 1.31 bits per heavy atom. The van der Waals surface area contributed by atoms with E-state index in [1.165, 1.54) is 17.7 Å². The van der Waals surface area contributed by atoms with E-state index >= 15 is 0 Å². The summed E-state index contributed by atoms with van der Waals surface area (Å²) in [5.41, 5.74) is 7.46. The van der Waals surface area contributed by atoms with Gasteiger partial charge in [-0.1, -0.05) is 18.2 Å². The second-order valence-electron chi connectivity index (χ2n) is 4.11. The average molecular weight is 219 g/mol. The van der Waals surface area contributed by atoms with Gasteiger partial charge in [-0.2, -0.15) is 0 Å². The Morgan fingerprint density at radius 3 is 2.50 bits per heavy atom. The summed E-state index contributed by atoms with van der Waals surface area (Å²) < 4.78 is 12.7. The number of amides is 1. The quantitative estimate of drug-likeness (QED) is 0.815. The summed E-state index contributed by atoms with van der Waals surface area (Å²) in [5.74, 6) is -0.492. The van der Waals surface area contributed by atoms with Gasteiger partial charge in [-0.3, -0.25) is 4.79 Å². The van der Waals surface area contributed by atoms with Crippen molar-refractivity contribution in [3.8, 4) is 0 Å². The lowest BCUT2D eigenvalue weighted by atomic mass is 9.86. The van der Waals surface area contributed by atoms with E-state index in [2.05, 4.69) is 0 Å². The van der Waals surface area contributed by atoms with Crippen molar-refractivity contribution in [3.63, 3.8) is 0 Å². The fourth-order valence-corrected chi connectivity index (χ4v) is 2.02. The summed E-state index contributed by atoms with van der Waals surface area (Å²) in [6.07, 6.45) is 4.35. The fourth-order valence-electron chi connectivity index (χ4n) is 2.02. The van der Waals surface area contributed by atoms with E-state index in [1.807, 2.05) is 6.08 Å². The number of primary amides is 1. The Kier molecular flexibility index (Phi) is 3.04. The van der Waals surface area contributed by atoms with Crippen molar-refractivity contribution in [2.24, 2.45) is 11.7 Å². The van der Waals surface area contributed by atoms with Crippen molar-refractivity contribution in [3.05, 3.63) is 41.7 Å². The third-order valence-corrected chi connectivity index (χ3v) is 3.03. The first-order chi connectivity index (χ1) is 7.66. The normalized spacial score (nSPS) is 20.3. The Bertz CT molecular complexity index is 422. The average Bonchev–Trinajstić information content (AvgIpc) is 2.30. The molecule has 0 saturated carbocycles. The Hall–Kier alpha value is -1.64. The van der Waals surface area contributed by atoms with Gasteiger partial charge in [0.15, 0.2) is 0 Å². The molecule has 84 valence electrons. The monoisotopic (exact) mass is 219 g/mol. The summed E-state index contributed by atoms with van der Waals surface area (Å²) in [6.45, 7) is 0. The van der Waals surface area contributed by atoms with E-state index < -0.39 is 0 Å². The van der Waals surface area contributed by atoms with Gasteiger partial charge in [-0.15, -0.1) is 0 Å². The molecule has 0 bridgehead atoms. The molecular weight excluding hydrogens is 205 g/mol. The van der Waals surface area contributed by atoms with Crippen LogP contribution in [0.3, 0.4) is 0 Å². The van der Waals surface area contributed by atoms with Gasteiger partial charge in [-0.25, -0.2) is 4.39 Å². The molecule has 1 aliphatic rings. The highest BCUT2D eigenvalue weighted by Crippen LogP contribution is 2.29. The van der Waals surface area contributed by atoms with Gasteiger partial charge in [0.2, 0.25) is 5.91 Å². The van der Waals surface area contributed by atoms with E-state index in [0.717, 1.165) is 18.4 Å². The summed E-state index contributed by atoms with van der Waals surface area (Å²) in [7, 11) is 0. The van der Waals surface area contributed by atoms with E-state index in [4.69, 9.17) is 5.73 Å². The SMILES string of the molecule is NC(=O)[C@@H]1CC=C(c2ccc(F)cc2)CC1. The lowest BCUT2D eigenvalue weighted by Gasteiger charge is -2.19.